The summed E-state index contributed by atoms with van der Waals surface area (Å²) < 4.78 is 18.3. The van der Waals surface area contributed by atoms with Crippen LogP contribution >= 0.6 is 11.6 Å². The molecule has 0 fully saturated rings. The molecule has 0 radical (unpaired) electrons. The number of furan rings is 1. The maximum atomic E-state index is 12.9. The Morgan fingerprint density at radius 2 is 2.12 bits per heavy atom. The Hall–Kier alpha value is -1.61. The molecule has 2 nitrogen and oxygen atoms in total. The van der Waals surface area contributed by atoms with Gasteiger partial charge in [-0.1, -0.05) is 11.6 Å². The molecule has 4 heteroatoms. The molecule has 82 valence electrons. The molecule has 0 aliphatic rings. The summed E-state index contributed by atoms with van der Waals surface area (Å²) in [4.78, 5) is 10.3. The molecule has 0 N–H and O–H groups in total. The minimum atomic E-state index is -0.468. The van der Waals surface area contributed by atoms with Crippen LogP contribution in [0.2, 0.25) is 5.02 Å². The van der Waals surface area contributed by atoms with Crippen LogP contribution in [0, 0.1) is 5.82 Å². The van der Waals surface area contributed by atoms with Gasteiger partial charge in [-0.05, 0) is 30.3 Å². The number of hydrogen-bond donors (Lipinski definition) is 0. The first-order valence-electron chi connectivity index (χ1n) is 4.68. The molecule has 0 aliphatic heterocycles. The number of carbonyl (C=O) groups excluding carboxylic acids is 1. The van der Waals surface area contributed by atoms with Gasteiger partial charge in [0.05, 0.1) is 11.4 Å². The molecule has 2 aromatic rings. The molecule has 0 bridgehead atoms. The molecule has 0 unspecified atom stereocenters. The SMILES string of the molecule is O=CCc1ccc(-c2ccc(F)c(Cl)c2)o1. The van der Waals surface area contributed by atoms with Gasteiger partial charge in [-0.15, -0.1) is 0 Å². The van der Waals surface area contributed by atoms with Crippen molar-refractivity contribution in [3.05, 3.63) is 46.9 Å². The fourth-order valence-corrected chi connectivity index (χ4v) is 1.55. The zero-order valence-electron chi connectivity index (χ0n) is 8.24. The van der Waals surface area contributed by atoms with Gasteiger partial charge in [-0.2, -0.15) is 0 Å². The van der Waals surface area contributed by atoms with Crippen LogP contribution in [0.25, 0.3) is 11.3 Å². The topological polar surface area (TPSA) is 30.2 Å². The summed E-state index contributed by atoms with van der Waals surface area (Å²) in [5.41, 5.74) is 0.684. The highest BCUT2D eigenvalue weighted by atomic mass is 35.5. The van der Waals surface area contributed by atoms with Gasteiger partial charge in [-0.3, -0.25) is 0 Å². The molecule has 2 rings (SSSR count). The molecular weight excluding hydrogens is 231 g/mol. The number of benzene rings is 1. The first kappa shape index (κ1) is 10.9. The molecule has 0 aliphatic carbocycles. The van der Waals surface area contributed by atoms with E-state index in [2.05, 4.69) is 0 Å². The number of hydrogen-bond acceptors (Lipinski definition) is 2. The maximum absolute atomic E-state index is 12.9. The van der Waals surface area contributed by atoms with Crippen molar-refractivity contribution in [3.8, 4) is 11.3 Å². The lowest BCUT2D eigenvalue weighted by Gasteiger charge is -1.98. The largest absolute Gasteiger partial charge is 0.461 e. The van der Waals surface area contributed by atoms with Gasteiger partial charge in [0.25, 0.3) is 0 Å². The lowest BCUT2D eigenvalue weighted by Crippen LogP contribution is -1.81. The third-order valence-corrected chi connectivity index (χ3v) is 2.44. The second-order valence-electron chi connectivity index (χ2n) is 3.27. The van der Waals surface area contributed by atoms with Crippen LogP contribution in [-0.4, -0.2) is 6.29 Å². The van der Waals surface area contributed by atoms with Crippen molar-refractivity contribution >= 4 is 17.9 Å². The van der Waals surface area contributed by atoms with E-state index in [1.807, 2.05) is 0 Å². The normalized spacial score (nSPS) is 10.4. The van der Waals surface area contributed by atoms with Crippen molar-refractivity contribution in [1.82, 2.24) is 0 Å². The van der Waals surface area contributed by atoms with E-state index >= 15 is 0 Å². The lowest BCUT2D eigenvalue weighted by molar-refractivity contribution is -0.107. The second-order valence-corrected chi connectivity index (χ2v) is 3.67. The van der Waals surface area contributed by atoms with Crippen molar-refractivity contribution in [1.29, 1.82) is 0 Å². The van der Waals surface area contributed by atoms with E-state index in [0.29, 0.717) is 17.1 Å². The Balaban J connectivity index is 2.34. The van der Waals surface area contributed by atoms with E-state index in [9.17, 15) is 9.18 Å². The van der Waals surface area contributed by atoms with Crippen molar-refractivity contribution in [3.63, 3.8) is 0 Å². The van der Waals surface area contributed by atoms with Crippen molar-refractivity contribution < 1.29 is 13.6 Å². The number of rotatable bonds is 3. The molecule has 1 heterocycles. The summed E-state index contributed by atoms with van der Waals surface area (Å²) in [6.07, 6.45) is 0.995. The zero-order valence-corrected chi connectivity index (χ0v) is 9.00. The highest BCUT2D eigenvalue weighted by molar-refractivity contribution is 6.31. The standard InChI is InChI=1S/C12H8ClFO2/c13-10-7-8(1-3-11(10)14)12-4-2-9(16-12)5-6-15/h1-4,6-7H,5H2. The summed E-state index contributed by atoms with van der Waals surface area (Å²) in [6.45, 7) is 0. The minimum Gasteiger partial charge on any atom is -0.461 e. The molecule has 1 aromatic heterocycles. The second kappa shape index (κ2) is 4.49. The molecule has 0 amide bonds. The minimum absolute atomic E-state index is 0.0471. The first-order chi connectivity index (χ1) is 7.70. The summed E-state index contributed by atoms with van der Waals surface area (Å²) >= 11 is 5.66. The fourth-order valence-electron chi connectivity index (χ4n) is 1.37. The van der Waals surface area contributed by atoms with Crippen LogP contribution in [0.3, 0.4) is 0 Å². The van der Waals surface area contributed by atoms with Gasteiger partial charge >= 0.3 is 0 Å². The Bertz CT molecular complexity index is 519. The Kier molecular flexibility index (Phi) is 3.06. The van der Waals surface area contributed by atoms with E-state index in [0.717, 1.165) is 6.29 Å². The summed E-state index contributed by atoms with van der Waals surface area (Å²) in [7, 11) is 0. The summed E-state index contributed by atoms with van der Waals surface area (Å²) in [5, 5.41) is 0.0471. The van der Waals surface area contributed by atoms with Crippen molar-refractivity contribution in [2.75, 3.05) is 0 Å². The number of aldehydes is 1. The fraction of sp³-hybridized carbons (Fsp3) is 0.0833. The molecule has 1 aromatic carbocycles. The average Bonchev–Trinajstić information content (AvgIpc) is 2.71. The van der Waals surface area contributed by atoms with E-state index in [-0.39, 0.29) is 11.4 Å². The maximum Gasteiger partial charge on any atom is 0.141 e. The van der Waals surface area contributed by atoms with Crippen LogP contribution < -0.4 is 0 Å². The third kappa shape index (κ3) is 2.14. The monoisotopic (exact) mass is 238 g/mol. The molecule has 16 heavy (non-hydrogen) atoms. The van der Waals surface area contributed by atoms with Crippen molar-refractivity contribution in [2.45, 2.75) is 6.42 Å². The van der Waals surface area contributed by atoms with Gasteiger partial charge in [-0.25, -0.2) is 4.39 Å². The van der Waals surface area contributed by atoms with Gasteiger partial charge in [0, 0.05) is 5.56 Å². The predicted molar refractivity (Wildman–Crippen MR) is 58.9 cm³/mol. The lowest BCUT2D eigenvalue weighted by atomic mass is 10.2. The van der Waals surface area contributed by atoms with Crippen LogP contribution in [-0.2, 0) is 11.2 Å². The van der Waals surface area contributed by atoms with Gasteiger partial charge < -0.3 is 9.21 Å². The highest BCUT2D eigenvalue weighted by Crippen LogP contribution is 2.26. The highest BCUT2D eigenvalue weighted by Gasteiger charge is 2.07. The van der Waals surface area contributed by atoms with Crippen LogP contribution in [0.4, 0.5) is 4.39 Å². The first-order valence-corrected chi connectivity index (χ1v) is 5.06. The predicted octanol–water partition coefficient (Wildman–Crippen LogP) is 3.48. The van der Waals surface area contributed by atoms with Gasteiger partial charge in [0.2, 0.25) is 0 Å². The van der Waals surface area contributed by atoms with E-state index in [1.165, 1.54) is 12.1 Å². The van der Waals surface area contributed by atoms with E-state index in [4.69, 9.17) is 16.0 Å². The van der Waals surface area contributed by atoms with Crippen molar-refractivity contribution in [2.24, 2.45) is 0 Å². The quantitative estimate of drug-likeness (QED) is 0.767. The summed E-state index contributed by atoms with van der Waals surface area (Å²) in [5.74, 6) is 0.675. The third-order valence-electron chi connectivity index (χ3n) is 2.15. The number of carbonyl (C=O) groups is 1. The van der Waals surface area contributed by atoms with Gasteiger partial charge in [0.1, 0.15) is 23.6 Å². The average molecular weight is 239 g/mol. The van der Waals surface area contributed by atoms with Crippen LogP contribution in [0.5, 0.6) is 0 Å². The molecular formula is C12H8ClFO2. The molecule has 0 saturated heterocycles. The Labute approximate surface area is 96.6 Å². The zero-order chi connectivity index (χ0) is 11.5. The van der Waals surface area contributed by atoms with E-state index < -0.39 is 5.82 Å². The molecule has 0 saturated carbocycles. The number of halogens is 2. The van der Waals surface area contributed by atoms with Gasteiger partial charge in [0.15, 0.2) is 0 Å². The Morgan fingerprint density at radius 1 is 1.31 bits per heavy atom. The Morgan fingerprint density at radius 3 is 2.81 bits per heavy atom. The summed E-state index contributed by atoms with van der Waals surface area (Å²) in [6, 6.07) is 7.77. The smallest absolute Gasteiger partial charge is 0.141 e. The molecule has 0 atom stereocenters. The van der Waals surface area contributed by atoms with Crippen LogP contribution in [0.15, 0.2) is 34.7 Å². The van der Waals surface area contributed by atoms with E-state index in [1.54, 1.807) is 18.2 Å². The van der Waals surface area contributed by atoms with Crippen LogP contribution in [0.1, 0.15) is 5.76 Å². The molecule has 0 spiro atoms.